The standard InChI is InChI=1S/C3H5N/c4-3-1-2-3/h1H,2,4H2. The lowest BCUT2D eigenvalue weighted by atomic mass is 10.8. The van der Waals surface area contributed by atoms with Crippen LogP contribution < -0.4 is 5.73 Å². The van der Waals surface area contributed by atoms with Crippen LogP contribution in [0.1, 0.15) is 6.42 Å². The van der Waals surface area contributed by atoms with Crippen LogP contribution in [0.15, 0.2) is 11.8 Å². The Morgan fingerprint density at radius 1 is 2.00 bits per heavy atom. The number of rotatable bonds is 0. The van der Waals surface area contributed by atoms with Crippen molar-refractivity contribution >= 4 is 0 Å². The summed E-state index contributed by atoms with van der Waals surface area (Å²) in [6.45, 7) is 0. The summed E-state index contributed by atoms with van der Waals surface area (Å²) in [5.41, 5.74) is 6.12. The van der Waals surface area contributed by atoms with E-state index in [-0.39, 0.29) is 0 Å². The topological polar surface area (TPSA) is 26.0 Å². The summed E-state index contributed by atoms with van der Waals surface area (Å²) < 4.78 is 0. The van der Waals surface area contributed by atoms with E-state index in [2.05, 4.69) is 0 Å². The van der Waals surface area contributed by atoms with Crippen LogP contribution in [0, 0.1) is 0 Å². The fraction of sp³-hybridized carbons (Fsp3) is 0.333. The lowest BCUT2D eigenvalue weighted by Gasteiger charge is -1.53. The summed E-state index contributed by atoms with van der Waals surface area (Å²) in [5.74, 6) is 0. The van der Waals surface area contributed by atoms with E-state index in [0.717, 1.165) is 12.1 Å². The van der Waals surface area contributed by atoms with Crippen molar-refractivity contribution in [2.45, 2.75) is 6.42 Å². The van der Waals surface area contributed by atoms with Crippen molar-refractivity contribution in [3.05, 3.63) is 11.8 Å². The number of nitrogens with two attached hydrogens (primary N) is 1. The van der Waals surface area contributed by atoms with Crippen molar-refractivity contribution in [3.63, 3.8) is 0 Å². The second kappa shape index (κ2) is 0.292. The maximum Gasteiger partial charge on any atom is 0.00829 e. The molecule has 0 saturated heterocycles. The van der Waals surface area contributed by atoms with Crippen LogP contribution in [-0.2, 0) is 0 Å². The van der Waals surface area contributed by atoms with Gasteiger partial charge in [0.2, 0.25) is 0 Å². The Kier molecular flexibility index (Phi) is 0.133. The zero-order valence-corrected chi connectivity index (χ0v) is 2.36. The van der Waals surface area contributed by atoms with Gasteiger partial charge < -0.3 is 5.73 Å². The molecule has 0 unspecified atom stereocenters. The van der Waals surface area contributed by atoms with Gasteiger partial charge in [-0.3, -0.25) is 0 Å². The highest BCUT2D eigenvalue weighted by molar-refractivity contribution is 5.16. The zero-order valence-electron chi connectivity index (χ0n) is 2.36. The predicted octanol–water partition coefficient (Wildman–Crippen LogP) is 0.233. The third-order valence-corrected chi connectivity index (χ3v) is 0.440. The SMILES string of the molecule is NC1=CC1. The maximum atomic E-state index is 5.08. The van der Waals surface area contributed by atoms with Crippen molar-refractivity contribution in [1.29, 1.82) is 0 Å². The second-order valence-electron chi connectivity index (χ2n) is 0.983. The van der Waals surface area contributed by atoms with Crippen LogP contribution in [0.25, 0.3) is 0 Å². The van der Waals surface area contributed by atoms with Gasteiger partial charge in [-0.1, -0.05) is 6.08 Å². The lowest BCUT2D eigenvalue weighted by Crippen LogP contribution is -1.75. The molecule has 0 saturated carbocycles. The Morgan fingerprint density at radius 3 is 2.25 bits per heavy atom. The van der Waals surface area contributed by atoms with Gasteiger partial charge in [-0.25, -0.2) is 0 Å². The average Bonchev–Trinajstić information content (AvgIpc) is 1.75. The molecule has 1 heteroatoms. The molecule has 0 aromatic rings. The first-order valence-corrected chi connectivity index (χ1v) is 1.34. The molecule has 0 fully saturated rings. The molecule has 0 aromatic heterocycles. The fourth-order valence-corrected chi connectivity index (χ4v) is 0.0589. The lowest BCUT2D eigenvalue weighted by molar-refractivity contribution is 1.40. The van der Waals surface area contributed by atoms with Crippen molar-refractivity contribution < 1.29 is 0 Å². The van der Waals surface area contributed by atoms with Gasteiger partial charge in [-0.15, -0.1) is 0 Å². The van der Waals surface area contributed by atoms with E-state index >= 15 is 0 Å². The number of hydrogen-bond donors (Lipinski definition) is 1. The molecule has 1 aliphatic carbocycles. The third-order valence-electron chi connectivity index (χ3n) is 0.440. The normalized spacial score (nSPS) is 19.5. The van der Waals surface area contributed by atoms with E-state index in [9.17, 15) is 0 Å². The van der Waals surface area contributed by atoms with Crippen LogP contribution in [0.5, 0.6) is 0 Å². The molecule has 0 spiro atoms. The van der Waals surface area contributed by atoms with E-state index in [1.165, 1.54) is 0 Å². The largest absolute Gasteiger partial charge is 0.402 e. The average molecular weight is 55.1 g/mol. The first-order valence-electron chi connectivity index (χ1n) is 1.34. The molecule has 0 aromatic carbocycles. The second-order valence-corrected chi connectivity index (χ2v) is 0.983. The Balaban J connectivity index is 2.54. The summed E-state index contributed by atoms with van der Waals surface area (Å²) in [5, 5.41) is 0. The molecular weight excluding hydrogens is 50.0 g/mol. The van der Waals surface area contributed by atoms with Gasteiger partial charge in [0.1, 0.15) is 0 Å². The third kappa shape index (κ3) is 0.0696. The Bertz CT molecular complexity index is 54.3. The van der Waals surface area contributed by atoms with Crippen molar-refractivity contribution in [2.75, 3.05) is 0 Å². The summed E-state index contributed by atoms with van der Waals surface area (Å²) in [6.07, 6.45) is 3.04. The summed E-state index contributed by atoms with van der Waals surface area (Å²) in [7, 11) is 0. The zero-order chi connectivity index (χ0) is 2.99. The first kappa shape index (κ1) is 1.82. The molecule has 1 rings (SSSR count). The molecule has 4 heavy (non-hydrogen) atoms. The summed E-state index contributed by atoms with van der Waals surface area (Å²) in [4.78, 5) is 0. The molecular formula is C3H5N. The Morgan fingerprint density at radius 2 is 2.25 bits per heavy atom. The smallest absolute Gasteiger partial charge is 0.00829 e. The molecule has 0 bridgehead atoms. The van der Waals surface area contributed by atoms with Gasteiger partial charge in [-0.05, 0) is 0 Å². The fourth-order valence-electron chi connectivity index (χ4n) is 0.0589. The number of hydrogen-bond acceptors (Lipinski definition) is 1. The molecule has 0 radical (unpaired) electrons. The summed E-state index contributed by atoms with van der Waals surface area (Å²) >= 11 is 0. The van der Waals surface area contributed by atoms with Crippen LogP contribution in [0.4, 0.5) is 0 Å². The summed E-state index contributed by atoms with van der Waals surface area (Å²) in [6, 6.07) is 0. The molecule has 0 atom stereocenters. The molecule has 2 N–H and O–H groups in total. The molecule has 0 aliphatic heterocycles. The van der Waals surface area contributed by atoms with Gasteiger partial charge in [0.05, 0.1) is 0 Å². The first-order chi connectivity index (χ1) is 1.89. The minimum absolute atomic E-state index is 1.04. The highest BCUT2D eigenvalue weighted by atomic mass is 14.6. The predicted molar refractivity (Wildman–Crippen MR) is 16.9 cm³/mol. The Hall–Kier alpha value is -0.460. The van der Waals surface area contributed by atoms with Gasteiger partial charge >= 0.3 is 0 Å². The van der Waals surface area contributed by atoms with Gasteiger partial charge in [0, 0.05) is 12.1 Å². The monoisotopic (exact) mass is 55.0 g/mol. The highest BCUT2D eigenvalue weighted by Crippen LogP contribution is 2.07. The minimum Gasteiger partial charge on any atom is -0.402 e. The number of allylic oxidation sites excluding steroid dienone is 2. The highest BCUT2D eigenvalue weighted by Gasteiger charge is 1.95. The van der Waals surface area contributed by atoms with Crippen molar-refractivity contribution in [3.8, 4) is 0 Å². The Labute approximate surface area is 25.1 Å². The van der Waals surface area contributed by atoms with Crippen LogP contribution >= 0.6 is 0 Å². The maximum absolute atomic E-state index is 5.08. The molecule has 1 aliphatic rings. The van der Waals surface area contributed by atoms with Crippen LogP contribution in [-0.4, -0.2) is 0 Å². The molecule has 0 amide bonds. The van der Waals surface area contributed by atoms with Gasteiger partial charge in [0.25, 0.3) is 0 Å². The van der Waals surface area contributed by atoms with Crippen LogP contribution in [0.2, 0.25) is 0 Å². The van der Waals surface area contributed by atoms with Crippen molar-refractivity contribution in [2.24, 2.45) is 5.73 Å². The van der Waals surface area contributed by atoms with Crippen molar-refractivity contribution in [1.82, 2.24) is 0 Å². The van der Waals surface area contributed by atoms with Gasteiger partial charge in [-0.2, -0.15) is 0 Å². The van der Waals surface area contributed by atoms with E-state index in [4.69, 9.17) is 5.73 Å². The quantitative estimate of drug-likeness (QED) is 0.421. The minimum atomic E-state index is 1.04. The van der Waals surface area contributed by atoms with E-state index in [1.54, 1.807) is 0 Å². The molecule has 0 heterocycles. The van der Waals surface area contributed by atoms with E-state index in [1.807, 2.05) is 6.08 Å². The van der Waals surface area contributed by atoms with Gasteiger partial charge in [0.15, 0.2) is 0 Å². The molecule has 22 valence electrons. The van der Waals surface area contributed by atoms with E-state index in [0.29, 0.717) is 0 Å². The molecule has 1 nitrogen and oxygen atoms in total. The van der Waals surface area contributed by atoms with Crippen LogP contribution in [0.3, 0.4) is 0 Å². The van der Waals surface area contributed by atoms with E-state index < -0.39 is 0 Å².